The summed E-state index contributed by atoms with van der Waals surface area (Å²) >= 11 is 0. The molecule has 0 atom stereocenters. The summed E-state index contributed by atoms with van der Waals surface area (Å²) in [4.78, 5) is 4.51. The van der Waals surface area contributed by atoms with Crippen LogP contribution < -0.4 is 5.73 Å². The molecule has 2 rings (SSSR count). The second-order valence-electron chi connectivity index (χ2n) is 3.67. The Kier molecular flexibility index (Phi) is 2.30. The molecule has 1 aliphatic carbocycles. The van der Waals surface area contributed by atoms with Gasteiger partial charge >= 0.3 is 0 Å². The molecule has 0 aromatic heterocycles. The van der Waals surface area contributed by atoms with Gasteiger partial charge in [-0.3, -0.25) is 4.99 Å². The van der Waals surface area contributed by atoms with E-state index in [4.69, 9.17) is 10.5 Å². The molecule has 2 aliphatic rings. The summed E-state index contributed by atoms with van der Waals surface area (Å²) in [6.07, 6.45) is 4.60. The summed E-state index contributed by atoms with van der Waals surface area (Å²) in [6.45, 7) is 1.71. The van der Waals surface area contributed by atoms with Gasteiger partial charge in [-0.25, -0.2) is 0 Å². The molecule has 1 aliphatic heterocycles. The second-order valence-corrected chi connectivity index (χ2v) is 3.67. The third kappa shape index (κ3) is 1.97. The fraction of sp³-hybridized carbons (Fsp3) is 0.889. The lowest BCUT2D eigenvalue weighted by Crippen LogP contribution is -2.23. The van der Waals surface area contributed by atoms with E-state index in [0.29, 0.717) is 12.0 Å². The van der Waals surface area contributed by atoms with Crippen molar-refractivity contribution in [2.75, 3.05) is 13.2 Å². The molecule has 0 aromatic carbocycles. The molecule has 3 heteroatoms. The van der Waals surface area contributed by atoms with Gasteiger partial charge in [0.25, 0.3) is 0 Å². The average Bonchev–Trinajstić information content (AvgIpc) is 2.88. The lowest BCUT2D eigenvalue weighted by atomic mass is 10.1. The number of nitrogens with zero attached hydrogens (tertiary/aromatic N) is 1. The Balaban J connectivity index is 1.85. The predicted octanol–water partition coefficient (Wildman–Crippen LogP) is 0.933. The molecular formula is C9H16N2O. The van der Waals surface area contributed by atoms with Crippen molar-refractivity contribution in [2.45, 2.75) is 31.7 Å². The van der Waals surface area contributed by atoms with Crippen molar-refractivity contribution in [3.05, 3.63) is 0 Å². The van der Waals surface area contributed by atoms with E-state index in [1.165, 1.54) is 12.8 Å². The number of nitrogens with two attached hydrogens (primary N) is 1. The highest BCUT2D eigenvalue weighted by Gasteiger charge is 2.26. The molecule has 0 amide bonds. The van der Waals surface area contributed by atoms with Crippen molar-refractivity contribution in [3.8, 4) is 0 Å². The molecule has 0 unspecified atom stereocenters. The van der Waals surface area contributed by atoms with Crippen LogP contribution in [0.15, 0.2) is 4.99 Å². The van der Waals surface area contributed by atoms with Crippen LogP contribution in [0.3, 0.4) is 0 Å². The maximum absolute atomic E-state index is 5.82. The van der Waals surface area contributed by atoms with Gasteiger partial charge in [-0.2, -0.15) is 0 Å². The molecule has 2 N–H and O–H groups in total. The van der Waals surface area contributed by atoms with Crippen molar-refractivity contribution in [1.29, 1.82) is 0 Å². The van der Waals surface area contributed by atoms with Crippen LogP contribution in [0.25, 0.3) is 0 Å². The minimum atomic E-state index is 0.444. The van der Waals surface area contributed by atoms with Gasteiger partial charge in [0.05, 0.1) is 11.9 Å². The van der Waals surface area contributed by atoms with E-state index in [-0.39, 0.29) is 0 Å². The fourth-order valence-corrected chi connectivity index (χ4v) is 1.51. The highest BCUT2D eigenvalue weighted by atomic mass is 16.5. The molecule has 0 spiro atoms. The molecule has 1 saturated carbocycles. The standard InChI is InChI=1S/C9H16N2O/c10-9(7-1-2-7)11-8-3-5-12-6-4-8/h7-8H,1-6H2,(H2,10,11). The lowest BCUT2D eigenvalue weighted by Gasteiger charge is -2.18. The van der Waals surface area contributed by atoms with E-state index < -0.39 is 0 Å². The molecular weight excluding hydrogens is 152 g/mol. The first-order valence-corrected chi connectivity index (χ1v) is 4.77. The number of hydrogen-bond donors (Lipinski definition) is 1. The summed E-state index contributed by atoms with van der Waals surface area (Å²) in [5.74, 6) is 1.51. The SMILES string of the molecule is NC(=NC1CCOCC1)C1CC1. The molecule has 12 heavy (non-hydrogen) atoms. The second kappa shape index (κ2) is 3.44. The first-order chi connectivity index (χ1) is 5.86. The van der Waals surface area contributed by atoms with Gasteiger partial charge in [0.2, 0.25) is 0 Å². The van der Waals surface area contributed by atoms with Crippen LogP contribution in [0.4, 0.5) is 0 Å². The molecule has 0 radical (unpaired) electrons. The predicted molar refractivity (Wildman–Crippen MR) is 48.2 cm³/mol. The third-order valence-electron chi connectivity index (χ3n) is 2.52. The summed E-state index contributed by atoms with van der Waals surface area (Å²) < 4.78 is 5.25. The Morgan fingerprint density at radius 3 is 2.42 bits per heavy atom. The maximum Gasteiger partial charge on any atom is 0.0971 e. The number of rotatable bonds is 2. The van der Waals surface area contributed by atoms with E-state index in [2.05, 4.69) is 4.99 Å². The van der Waals surface area contributed by atoms with Crippen molar-refractivity contribution in [2.24, 2.45) is 16.6 Å². The lowest BCUT2D eigenvalue weighted by molar-refractivity contribution is 0.0870. The van der Waals surface area contributed by atoms with Gasteiger partial charge < -0.3 is 10.5 Å². The summed E-state index contributed by atoms with van der Waals surface area (Å²) in [7, 11) is 0. The molecule has 1 heterocycles. The maximum atomic E-state index is 5.82. The Bertz CT molecular complexity index is 181. The Hall–Kier alpha value is -0.570. The smallest absolute Gasteiger partial charge is 0.0971 e. The average molecular weight is 168 g/mol. The largest absolute Gasteiger partial charge is 0.387 e. The molecule has 3 nitrogen and oxygen atoms in total. The van der Waals surface area contributed by atoms with Crippen LogP contribution in [-0.2, 0) is 4.74 Å². The zero-order chi connectivity index (χ0) is 8.39. The summed E-state index contributed by atoms with van der Waals surface area (Å²) in [6, 6.07) is 0.444. The van der Waals surface area contributed by atoms with E-state index in [1.807, 2.05) is 0 Å². The minimum absolute atomic E-state index is 0.444. The zero-order valence-electron chi connectivity index (χ0n) is 7.33. The summed E-state index contributed by atoms with van der Waals surface area (Å²) in [5, 5.41) is 0. The Morgan fingerprint density at radius 2 is 1.83 bits per heavy atom. The van der Waals surface area contributed by atoms with Gasteiger partial charge in [-0.05, 0) is 25.7 Å². The Morgan fingerprint density at radius 1 is 1.17 bits per heavy atom. The fourth-order valence-electron chi connectivity index (χ4n) is 1.51. The Labute approximate surface area is 73.0 Å². The highest BCUT2D eigenvalue weighted by molar-refractivity contribution is 5.85. The number of aliphatic imine (C=N–C) groups is 1. The van der Waals surface area contributed by atoms with Crippen LogP contribution in [-0.4, -0.2) is 25.1 Å². The molecule has 0 bridgehead atoms. The van der Waals surface area contributed by atoms with Crippen LogP contribution in [0.1, 0.15) is 25.7 Å². The van der Waals surface area contributed by atoms with E-state index >= 15 is 0 Å². The van der Waals surface area contributed by atoms with Gasteiger partial charge in [-0.15, -0.1) is 0 Å². The molecule has 1 saturated heterocycles. The van der Waals surface area contributed by atoms with E-state index in [9.17, 15) is 0 Å². The number of ether oxygens (including phenoxy) is 1. The van der Waals surface area contributed by atoms with Crippen LogP contribution >= 0.6 is 0 Å². The molecule has 2 fully saturated rings. The van der Waals surface area contributed by atoms with Crippen LogP contribution in [0, 0.1) is 5.92 Å². The first-order valence-electron chi connectivity index (χ1n) is 4.77. The van der Waals surface area contributed by atoms with E-state index in [0.717, 1.165) is 31.9 Å². The van der Waals surface area contributed by atoms with Crippen molar-refractivity contribution < 1.29 is 4.74 Å². The third-order valence-corrected chi connectivity index (χ3v) is 2.52. The number of amidine groups is 1. The topological polar surface area (TPSA) is 47.6 Å². The number of hydrogen-bond acceptors (Lipinski definition) is 2. The van der Waals surface area contributed by atoms with Crippen molar-refractivity contribution in [1.82, 2.24) is 0 Å². The first kappa shape index (κ1) is 8.05. The van der Waals surface area contributed by atoms with Crippen molar-refractivity contribution >= 4 is 5.84 Å². The van der Waals surface area contributed by atoms with Gasteiger partial charge in [0, 0.05) is 19.1 Å². The van der Waals surface area contributed by atoms with Gasteiger partial charge in [-0.1, -0.05) is 0 Å². The van der Waals surface area contributed by atoms with Gasteiger partial charge in [0.1, 0.15) is 0 Å². The molecule has 0 aromatic rings. The normalized spacial score (nSPS) is 27.5. The van der Waals surface area contributed by atoms with Gasteiger partial charge in [0.15, 0.2) is 0 Å². The minimum Gasteiger partial charge on any atom is -0.387 e. The van der Waals surface area contributed by atoms with Crippen molar-refractivity contribution in [3.63, 3.8) is 0 Å². The quantitative estimate of drug-likeness (QED) is 0.492. The highest BCUT2D eigenvalue weighted by Crippen LogP contribution is 2.29. The zero-order valence-corrected chi connectivity index (χ0v) is 7.33. The van der Waals surface area contributed by atoms with Crippen LogP contribution in [0.5, 0.6) is 0 Å². The van der Waals surface area contributed by atoms with E-state index in [1.54, 1.807) is 0 Å². The monoisotopic (exact) mass is 168 g/mol. The van der Waals surface area contributed by atoms with Crippen LogP contribution in [0.2, 0.25) is 0 Å². The molecule has 68 valence electrons. The summed E-state index contributed by atoms with van der Waals surface area (Å²) in [5.41, 5.74) is 5.82.